The second-order valence-electron chi connectivity index (χ2n) is 4.00. The van der Waals surface area contributed by atoms with Gasteiger partial charge in [0.25, 0.3) is 5.96 Å². The van der Waals surface area contributed by atoms with Crippen LogP contribution in [0.2, 0.25) is 0 Å². The number of ether oxygens (including phenoxy) is 1. The molecule has 1 saturated heterocycles. The van der Waals surface area contributed by atoms with Gasteiger partial charge in [0, 0.05) is 29.4 Å². The van der Waals surface area contributed by atoms with Crippen LogP contribution in [0.3, 0.4) is 0 Å². The fourth-order valence-corrected chi connectivity index (χ4v) is 1.78. The largest absolute Gasteiger partial charge is 0.378 e. The van der Waals surface area contributed by atoms with Crippen molar-refractivity contribution < 1.29 is 9.84 Å². The number of hydrazone groups is 1. The molecule has 0 amide bonds. The highest BCUT2D eigenvalue weighted by atomic mass is 16.5. The number of nitrogens with one attached hydrogen (secondary N) is 1. The molecule has 0 spiro atoms. The average molecular weight is 248 g/mol. The minimum absolute atomic E-state index is 0.0104. The molecule has 0 aliphatic carbocycles. The number of hydrogen-bond acceptors (Lipinski definition) is 3. The Bertz CT molecular complexity index is 430. The third kappa shape index (κ3) is 3.46. The van der Waals surface area contributed by atoms with E-state index in [0.717, 1.165) is 31.9 Å². The summed E-state index contributed by atoms with van der Waals surface area (Å²) in [5.74, 6) is 0.0104. The Balaban J connectivity index is 2.00. The topological polar surface area (TPSA) is 90.8 Å². The van der Waals surface area contributed by atoms with Crippen LogP contribution in [0, 0.1) is 0 Å². The summed E-state index contributed by atoms with van der Waals surface area (Å²) >= 11 is 0. The van der Waals surface area contributed by atoms with Crippen molar-refractivity contribution in [1.29, 1.82) is 0 Å². The molecule has 1 aliphatic heterocycles. The van der Waals surface area contributed by atoms with Gasteiger partial charge in [0.2, 0.25) is 6.21 Å². The van der Waals surface area contributed by atoms with Crippen molar-refractivity contribution in [2.75, 3.05) is 31.2 Å². The molecule has 1 aromatic carbocycles. The van der Waals surface area contributed by atoms with Gasteiger partial charge in [-0.05, 0) is 24.3 Å². The van der Waals surface area contributed by atoms with Crippen LogP contribution in [0.25, 0.3) is 0 Å². The molecule has 1 heterocycles. The van der Waals surface area contributed by atoms with Gasteiger partial charge in [-0.3, -0.25) is 0 Å². The highest BCUT2D eigenvalue weighted by Crippen LogP contribution is 2.15. The number of hydrogen-bond donors (Lipinski definition) is 3. The summed E-state index contributed by atoms with van der Waals surface area (Å²) in [6.07, 6.45) is 1.74. The van der Waals surface area contributed by atoms with E-state index in [1.165, 1.54) is 5.69 Å². The summed E-state index contributed by atoms with van der Waals surface area (Å²) in [6, 6.07) is 8.18. The maximum atomic E-state index is 5.32. The minimum atomic E-state index is 0.0104. The summed E-state index contributed by atoms with van der Waals surface area (Å²) in [6.45, 7) is 3.46. The summed E-state index contributed by atoms with van der Waals surface area (Å²) in [7, 11) is 0. The fourth-order valence-electron chi connectivity index (χ4n) is 1.78. The molecule has 6 nitrogen and oxygen atoms in total. The van der Waals surface area contributed by atoms with Gasteiger partial charge in [0.15, 0.2) is 0 Å². The van der Waals surface area contributed by atoms with Crippen LogP contribution in [0.15, 0.2) is 29.4 Å². The number of rotatable bonds is 3. The second kappa shape index (κ2) is 6.02. The van der Waals surface area contributed by atoms with Gasteiger partial charge in [0.1, 0.15) is 0 Å². The van der Waals surface area contributed by atoms with Crippen molar-refractivity contribution in [2.24, 2.45) is 16.6 Å². The van der Waals surface area contributed by atoms with Gasteiger partial charge in [0.05, 0.1) is 13.2 Å². The molecule has 0 aromatic heterocycles. The van der Waals surface area contributed by atoms with Gasteiger partial charge in [-0.2, -0.15) is 0 Å². The van der Waals surface area contributed by atoms with E-state index in [1.54, 1.807) is 6.21 Å². The average Bonchev–Trinajstić information content (AvgIpc) is 2.40. The maximum Gasteiger partial charge on any atom is 0.256 e. The van der Waals surface area contributed by atoms with Gasteiger partial charge < -0.3 is 21.1 Å². The lowest BCUT2D eigenvalue weighted by atomic mass is 10.2. The highest BCUT2D eigenvalue weighted by molar-refractivity contribution is 5.77. The second-order valence-corrected chi connectivity index (χ2v) is 4.00. The predicted octanol–water partition coefficient (Wildman–Crippen LogP) is -1.79. The van der Waals surface area contributed by atoms with Crippen LogP contribution in [-0.2, 0) is 4.74 Å². The first-order valence-corrected chi connectivity index (χ1v) is 5.86. The maximum absolute atomic E-state index is 5.32. The Morgan fingerprint density at radius 3 is 2.50 bits per heavy atom. The van der Waals surface area contributed by atoms with E-state index in [1.807, 2.05) is 12.1 Å². The van der Waals surface area contributed by atoms with Gasteiger partial charge in [-0.25, -0.2) is 0 Å². The van der Waals surface area contributed by atoms with Crippen LogP contribution in [0.5, 0.6) is 0 Å². The third-order valence-electron chi connectivity index (χ3n) is 2.69. The highest BCUT2D eigenvalue weighted by Gasteiger charge is 2.10. The Kier molecular flexibility index (Phi) is 4.14. The number of guanidine groups is 1. The molecule has 0 radical (unpaired) electrons. The summed E-state index contributed by atoms with van der Waals surface area (Å²) in [5.41, 5.74) is 12.6. The molecule has 1 aromatic rings. The van der Waals surface area contributed by atoms with Crippen molar-refractivity contribution >= 4 is 17.9 Å². The zero-order valence-electron chi connectivity index (χ0n) is 10.2. The van der Waals surface area contributed by atoms with Crippen LogP contribution < -0.4 is 21.5 Å². The predicted molar refractivity (Wildman–Crippen MR) is 71.4 cm³/mol. The first kappa shape index (κ1) is 12.4. The van der Waals surface area contributed by atoms with Crippen LogP contribution in [0.1, 0.15) is 5.56 Å². The van der Waals surface area contributed by atoms with E-state index in [2.05, 4.69) is 27.2 Å². The Hall–Kier alpha value is -2.08. The molecular weight excluding hydrogens is 230 g/mol. The van der Waals surface area contributed by atoms with Gasteiger partial charge >= 0.3 is 0 Å². The standard InChI is InChI=1S/C12H17N5O/c13-12(14)16-15-9-10-1-3-11(4-2-10)17-5-7-18-8-6-17/h1-4,9H,5-8H2,(H4,13,14,16)/p+1/b15-9+. The van der Waals surface area contributed by atoms with Crippen molar-refractivity contribution in [3.8, 4) is 0 Å². The molecule has 1 aliphatic rings. The van der Waals surface area contributed by atoms with E-state index in [-0.39, 0.29) is 5.96 Å². The summed E-state index contributed by atoms with van der Waals surface area (Å²) in [5, 5.41) is 6.35. The van der Waals surface area contributed by atoms with E-state index < -0.39 is 0 Å². The fraction of sp³-hybridized carbons (Fsp3) is 0.333. The molecule has 2 rings (SSSR count). The lowest BCUT2D eigenvalue weighted by Crippen LogP contribution is -2.63. The molecule has 18 heavy (non-hydrogen) atoms. The van der Waals surface area contributed by atoms with E-state index in [0.29, 0.717) is 0 Å². The lowest BCUT2D eigenvalue weighted by Gasteiger charge is -2.28. The number of nitrogens with zero attached hydrogens (tertiary/aromatic N) is 2. The lowest BCUT2D eigenvalue weighted by molar-refractivity contribution is -0.456. The zero-order valence-corrected chi connectivity index (χ0v) is 10.2. The van der Waals surface area contributed by atoms with Crippen molar-refractivity contribution in [3.05, 3.63) is 29.8 Å². The number of morpholine rings is 1. The first-order chi connectivity index (χ1) is 8.75. The molecule has 0 atom stereocenters. The number of benzene rings is 1. The van der Waals surface area contributed by atoms with Crippen LogP contribution in [-0.4, -0.2) is 38.5 Å². The normalized spacial score (nSPS) is 15.9. The third-order valence-corrected chi connectivity index (χ3v) is 2.69. The summed E-state index contributed by atoms with van der Waals surface area (Å²) < 4.78 is 5.32. The summed E-state index contributed by atoms with van der Waals surface area (Å²) in [4.78, 5) is 2.30. The van der Waals surface area contributed by atoms with Crippen LogP contribution in [0.4, 0.5) is 5.69 Å². The Morgan fingerprint density at radius 1 is 1.22 bits per heavy atom. The molecular formula is C12H18N5O+. The molecule has 1 fully saturated rings. The van der Waals surface area contributed by atoms with Crippen molar-refractivity contribution in [3.63, 3.8) is 0 Å². The molecule has 0 unspecified atom stereocenters. The molecule has 0 bridgehead atoms. The molecule has 5 N–H and O–H groups in total. The Labute approximate surface area is 106 Å². The monoisotopic (exact) mass is 248 g/mol. The van der Waals surface area contributed by atoms with Gasteiger partial charge in [-0.1, -0.05) is 0 Å². The molecule has 0 saturated carbocycles. The smallest absolute Gasteiger partial charge is 0.256 e. The number of nitrogens with two attached hydrogens (primary N) is 2. The molecule has 6 heteroatoms. The molecule has 96 valence electrons. The van der Waals surface area contributed by atoms with E-state index in [4.69, 9.17) is 16.2 Å². The minimum Gasteiger partial charge on any atom is -0.378 e. The Morgan fingerprint density at radius 2 is 1.89 bits per heavy atom. The van der Waals surface area contributed by atoms with E-state index in [9.17, 15) is 0 Å². The zero-order chi connectivity index (χ0) is 12.8. The number of anilines is 1. The van der Waals surface area contributed by atoms with E-state index >= 15 is 0 Å². The first-order valence-electron chi connectivity index (χ1n) is 5.86. The van der Waals surface area contributed by atoms with Crippen LogP contribution >= 0.6 is 0 Å². The quantitative estimate of drug-likeness (QED) is 0.335. The SMILES string of the molecule is NC(N)=N/[NH+]=C/c1ccc(N2CCOCC2)cc1. The van der Waals surface area contributed by atoms with Gasteiger partial charge in [-0.15, -0.1) is 5.10 Å². The van der Waals surface area contributed by atoms with Crippen molar-refractivity contribution in [2.45, 2.75) is 0 Å². The van der Waals surface area contributed by atoms with Crippen molar-refractivity contribution in [1.82, 2.24) is 0 Å².